The van der Waals surface area contributed by atoms with Crippen LogP contribution in [0.1, 0.15) is 27.9 Å². The Kier molecular flexibility index (Phi) is 4.98. The highest BCUT2D eigenvalue weighted by molar-refractivity contribution is 7.22. The number of anilines is 1. The number of ketones is 1. The number of nitro benzene ring substituents is 1. The molecule has 1 aliphatic rings. The van der Waals surface area contributed by atoms with Crippen LogP contribution >= 0.6 is 11.3 Å². The molecule has 0 saturated heterocycles. The summed E-state index contributed by atoms with van der Waals surface area (Å²) in [6.45, 7) is 1.64. The normalized spacial score (nSPS) is 16.0. The first kappa shape index (κ1) is 21.5. The van der Waals surface area contributed by atoms with Gasteiger partial charge in [0.2, 0.25) is 5.78 Å². The molecule has 2 aromatic carbocycles. The van der Waals surface area contributed by atoms with Crippen molar-refractivity contribution in [3.63, 3.8) is 0 Å². The minimum Gasteiger partial charge on any atom is -0.503 e. The lowest BCUT2D eigenvalue weighted by atomic mass is 9.95. The Bertz CT molecular complexity index is 1540. The third kappa shape index (κ3) is 3.42. The molecule has 0 bridgehead atoms. The third-order valence-corrected chi connectivity index (χ3v) is 6.38. The molecule has 34 heavy (non-hydrogen) atoms. The number of benzene rings is 2. The molecule has 5 rings (SSSR count). The molecular weight excluding hydrogens is 465 g/mol. The molecule has 0 saturated carbocycles. The number of aromatic nitrogens is 1. The van der Waals surface area contributed by atoms with E-state index in [1.165, 1.54) is 42.5 Å². The van der Waals surface area contributed by atoms with E-state index in [9.17, 15) is 29.2 Å². The van der Waals surface area contributed by atoms with Gasteiger partial charge in [0.05, 0.1) is 26.8 Å². The molecule has 9 nitrogen and oxygen atoms in total. The van der Waals surface area contributed by atoms with Gasteiger partial charge in [0.1, 0.15) is 11.6 Å². The number of carbonyl (C=O) groups is 2. The maximum Gasteiger partial charge on any atom is 0.296 e. The number of hydrogen-bond donors (Lipinski definition) is 1. The van der Waals surface area contributed by atoms with Crippen molar-refractivity contribution >= 4 is 44.1 Å². The van der Waals surface area contributed by atoms with Gasteiger partial charge in [-0.2, -0.15) is 0 Å². The highest BCUT2D eigenvalue weighted by atomic mass is 32.1. The van der Waals surface area contributed by atoms with Crippen molar-refractivity contribution in [3.05, 3.63) is 98.9 Å². The van der Waals surface area contributed by atoms with Gasteiger partial charge in [0.15, 0.2) is 16.7 Å². The van der Waals surface area contributed by atoms with Crippen LogP contribution < -0.4 is 4.90 Å². The number of nitrogens with zero attached hydrogens (tertiary/aromatic N) is 3. The number of halogens is 1. The third-order valence-electron chi connectivity index (χ3n) is 5.36. The number of aliphatic hydroxyl groups excluding tert-OH is 1. The monoisotopic (exact) mass is 479 g/mol. The van der Waals surface area contributed by atoms with E-state index in [0.717, 1.165) is 22.3 Å². The lowest BCUT2D eigenvalue weighted by Gasteiger charge is -2.24. The number of non-ortho nitro benzene ring substituents is 1. The fraction of sp³-hybridized carbons (Fsp3) is 0.0870. The Balaban J connectivity index is 1.67. The number of thiazole rings is 1. The van der Waals surface area contributed by atoms with Crippen molar-refractivity contribution < 1.29 is 28.4 Å². The first-order valence-electron chi connectivity index (χ1n) is 9.93. The van der Waals surface area contributed by atoms with Crippen LogP contribution in [0.15, 0.2) is 70.3 Å². The number of Topliss-reactive ketones (excluding diaryl/α,β-unsaturated/α-hetero) is 1. The minimum absolute atomic E-state index is 0.0831. The van der Waals surface area contributed by atoms with E-state index in [2.05, 4.69) is 4.98 Å². The maximum atomic E-state index is 14.1. The summed E-state index contributed by atoms with van der Waals surface area (Å²) in [6.07, 6.45) is 0. The van der Waals surface area contributed by atoms with Crippen molar-refractivity contribution in [1.82, 2.24) is 4.98 Å². The van der Waals surface area contributed by atoms with Crippen molar-refractivity contribution in [1.29, 1.82) is 0 Å². The summed E-state index contributed by atoms with van der Waals surface area (Å²) in [5, 5.41) is 22.0. The molecule has 0 aliphatic carbocycles. The van der Waals surface area contributed by atoms with Gasteiger partial charge in [-0.25, -0.2) is 9.37 Å². The largest absolute Gasteiger partial charge is 0.503 e. The summed E-state index contributed by atoms with van der Waals surface area (Å²) in [6, 6.07) is 11.1. The maximum absolute atomic E-state index is 14.1. The van der Waals surface area contributed by atoms with Gasteiger partial charge < -0.3 is 9.52 Å². The van der Waals surface area contributed by atoms with Gasteiger partial charge in [-0.05, 0) is 42.8 Å². The van der Waals surface area contributed by atoms with Crippen molar-refractivity contribution in [3.8, 4) is 0 Å². The summed E-state index contributed by atoms with van der Waals surface area (Å²) in [7, 11) is 0. The zero-order valence-corrected chi connectivity index (χ0v) is 18.2. The second-order valence-electron chi connectivity index (χ2n) is 7.54. The summed E-state index contributed by atoms with van der Waals surface area (Å²) >= 11 is 0.971. The average molecular weight is 479 g/mol. The minimum atomic E-state index is -1.20. The molecule has 1 unspecified atom stereocenters. The van der Waals surface area contributed by atoms with E-state index < -0.39 is 34.2 Å². The fourth-order valence-corrected chi connectivity index (χ4v) is 4.86. The van der Waals surface area contributed by atoms with Crippen LogP contribution in [-0.2, 0) is 4.79 Å². The number of rotatable bonds is 5. The van der Waals surface area contributed by atoms with Gasteiger partial charge in [0.25, 0.3) is 11.6 Å². The number of carbonyl (C=O) groups excluding carboxylic acids is 2. The Morgan fingerprint density at radius 1 is 1.24 bits per heavy atom. The number of hydrogen-bond acceptors (Lipinski definition) is 8. The van der Waals surface area contributed by atoms with E-state index in [-0.39, 0.29) is 27.7 Å². The molecule has 1 amide bonds. The summed E-state index contributed by atoms with van der Waals surface area (Å²) in [5.41, 5.74) is 0.184. The van der Waals surface area contributed by atoms with Crippen LogP contribution in [0.5, 0.6) is 0 Å². The Hall–Kier alpha value is -4.38. The molecule has 2 aromatic heterocycles. The zero-order chi connectivity index (χ0) is 24.1. The lowest BCUT2D eigenvalue weighted by molar-refractivity contribution is -0.384. The quantitative estimate of drug-likeness (QED) is 0.242. The van der Waals surface area contributed by atoms with Crippen LogP contribution in [0.2, 0.25) is 0 Å². The average Bonchev–Trinajstić information content (AvgIpc) is 3.49. The number of aryl methyl sites for hydroxylation is 1. The predicted octanol–water partition coefficient (Wildman–Crippen LogP) is 5.03. The molecule has 1 N–H and O–H groups in total. The molecule has 3 heterocycles. The number of aliphatic hydroxyl groups is 1. The van der Waals surface area contributed by atoms with Crippen LogP contribution in [-0.4, -0.2) is 26.7 Å². The second kappa shape index (κ2) is 7.89. The molecule has 1 aliphatic heterocycles. The lowest BCUT2D eigenvalue weighted by Crippen LogP contribution is -2.31. The topological polar surface area (TPSA) is 127 Å². The Labute approximate surface area is 194 Å². The number of fused-ring (bicyclic) bond motifs is 1. The van der Waals surface area contributed by atoms with Crippen molar-refractivity contribution in [2.24, 2.45) is 0 Å². The summed E-state index contributed by atoms with van der Waals surface area (Å²) in [5.74, 6) is -2.67. The second-order valence-corrected chi connectivity index (χ2v) is 8.55. The summed E-state index contributed by atoms with van der Waals surface area (Å²) in [4.78, 5) is 42.5. The molecule has 0 radical (unpaired) electrons. The van der Waals surface area contributed by atoms with E-state index in [1.54, 1.807) is 13.0 Å². The van der Waals surface area contributed by atoms with E-state index >= 15 is 0 Å². The zero-order valence-electron chi connectivity index (χ0n) is 17.4. The fourth-order valence-electron chi connectivity index (χ4n) is 3.83. The Morgan fingerprint density at radius 3 is 2.71 bits per heavy atom. The Morgan fingerprint density at radius 2 is 2.03 bits per heavy atom. The van der Waals surface area contributed by atoms with Gasteiger partial charge in [-0.15, -0.1) is 0 Å². The molecule has 0 fully saturated rings. The summed E-state index contributed by atoms with van der Waals surface area (Å²) < 4.78 is 19.9. The molecule has 170 valence electrons. The van der Waals surface area contributed by atoms with Crippen molar-refractivity contribution in [2.45, 2.75) is 13.0 Å². The number of amides is 1. The SMILES string of the molecule is Cc1ccc(C(=O)C2=C(O)C(=O)N(c3nc4ccc([N+](=O)[O-])cc4s3)C2c2cccc(F)c2)o1. The number of furan rings is 1. The van der Waals surface area contributed by atoms with E-state index in [1.807, 2.05) is 0 Å². The standard InChI is InChI=1S/C23H14FN3O6S/c1-11-5-8-16(33-11)20(28)18-19(12-3-2-4-13(24)9-12)26(22(30)21(18)29)23-25-15-7-6-14(27(31)32)10-17(15)34-23/h2-10,19,29H,1H3. The molecule has 0 spiro atoms. The van der Waals surface area contributed by atoms with Gasteiger partial charge in [0, 0.05) is 12.1 Å². The van der Waals surface area contributed by atoms with Gasteiger partial charge >= 0.3 is 0 Å². The van der Waals surface area contributed by atoms with Crippen LogP contribution in [0, 0.1) is 22.9 Å². The first-order valence-corrected chi connectivity index (χ1v) is 10.7. The number of nitro groups is 1. The van der Waals surface area contributed by atoms with Crippen molar-refractivity contribution in [2.75, 3.05) is 4.90 Å². The molecule has 1 atom stereocenters. The van der Waals surface area contributed by atoms with Gasteiger partial charge in [-0.3, -0.25) is 24.6 Å². The predicted molar refractivity (Wildman–Crippen MR) is 120 cm³/mol. The smallest absolute Gasteiger partial charge is 0.296 e. The van der Waals surface area contributed by atoms with E-state index in [4.69, 9.17) is 4.42 Å². The van der Waals surface area contributed by atoms with Gasteiger partial charge in [-0.1, -0.05) is 23.5 Å². The highest BCUT2D eigenvalue weighted by Crippen LogP contribution is 2.44. The highest BCUT2D eigenvalue weighted by Gasteiger charge is 2.46. The molecule has 11 heteroatoms. The van der Waals surface area contributed by atoms with Crippen LogP contribution in [0.25, 0.3) is 10.2 Å². The van der Waals surface area contributed by atoms with Crippen LogP contribution in [0.4, 0.5) is 15.2 Å². The molecule has 4 aromatic rings. The molecular formula is C23H14FN3O6S. The van der Waals surface area contributed by atoms with E-state index in [0.29, 0.717) is 16.0 Å². The van der Waals surface area contributed by atoms with Crippen LogP contribution in [0.3, 0.4) is 0 Å². The first-order chi connectivity index (χ1) is 16.2.